The molecule has 6 nitrogen and oxygen atoms in total. The number of imidazole rings is 1. The monoisotopic (exact) mass is 169 g/mol. The van der Waals surface area contributed by atoms with E-state index in [2.05, 4.69) is 4.98 Å². The van der Waals surface area contributed by atoms with Crippen molar-refractivity contribution in [3.05, 3.63) is 18.7 Å². The number of hydrogen-bond donors (Lipinski definition) is 2. The fraction of sp³-hybridized carbons (Fsp3) is 0.167. The van der Waals surface area contributed by atoms with Crippen molar-refractivity contribution in [3.8, 4) is 0 Å². The van der Waals surface area contributed by atoms with Crippen LogP contribution in [-0.4, -0.2) is 33.2 Å². The number of carboxylic acid groups (broad SMARTS) is 1. The molecule has 0 saturated carbocycles. The molecule has 0 aromatic carbocycles. The Hall–Kier alpha value is -1.85. The highest BCUT2D eigenvalue weighted by Gasteiger charge is 2.04. The minimum Gasteiger partial charge on any atom is -0.465 e. The van der Waals surface area contributed by atoms with E-state index in [1.807, 2.05) is 5.32 Å². The summed E-state index contributed by atoms with van der Waals surface area (Å²) >= 11 is 0. The molecule has 12 heavy (non-hydrogen) atoms. The van der Waals surface area contributed by atoms with Gasteiger partial charge in [0.25, 0.3) is 5.91 Å². The van der Waals surface area contributed by atoms with Gasteiger partial charge in [0.05, 0.1) is 0 Å². The molecule has 0 radical (unpaired) electrons. The fourth-order valence-corrected chi connectivity index (χ4v) is 0.649. The van der Waals surface area contributed by atoms with Crippen molar-refractivity contribution >= 4 is 12.0 Å². The van der Waals surface area contributed by atoms with Crippen LogP contribution in [0.5, 0.6) is 0 Å². The first kappa shape index (κ1) is 8.25. The lowest BCUT2D eigenvalue weighted by molar-refractivity contribution is 0.0908. The average Bonchev–Trinajstić information content (AvgIpc) is 2.51. The van der Waals surface area contributed by atoms with Crippen LogP contribution in [-0.2, 0) is 0 Å². The summed E-state index contributed by atoms with van der Waals surface area (Å²) < 4.78 is 1.20. The molecule has 6 heteroatoms. The molecule has 0 aliphatic heterocycles. The summed E-state index contributed by atoms with van der Waals surface area (Å²) in [7, 11) is 0. The van der Waals surface area contributed by atoms with Gasteiger partial charge < -0.3 is 10.4 Å². The highest BCUT2D eigenvalue weighted by Crippen LogP contribution is 1.84. The van der Waals surface area contributed by atoms with Crippen LogP contribution in [0, 0.1) is 0 Å². The molecule has 0 saturated heterocycles. The molecular weight excluding hydrogens is 162 g/mol. The van der Waals surface area contributed by atoms with Crippen molar-refractivity contribution in [1.29, 1.82) is 0 Å². The lowest BCUT2D eigenvalue weighted by Gasteiger charge is -1.99. The van der Waals surface area contributed by atoms with Crippen LogP contribution in [0.1, 0.15) is 4.79 Å². The van der Waals surface area contributed by atoms with Crippen LogP contribution in [0.15, 0.2) is 18.7 Å². The highest BCUT2D eigenvalue weighted by molar-refractivity contribution is 5.83. The van der Waals surface area contributed by atoms with Gasteiger partial charge in [0.2, 0.25) is 0 Å². The van der Waals surface area contributed by atoms with E-state index in [0.29, 0.717) is 0 Å². The molecule has 0 unspecified atom stereocenters. The molecule has 1 rings (SSSR count). The molecule has 1 heterocycles. The molecule has 1 amide bonds. The molecule has 0 aliphatic carbocycles. The molecule has 0 aliphatic rings. The second kappa shape index (κ2) is 3.51. The molecular formula is C6H7N3O3. The van der Waals surface area contributed by atoms with E-state index >= 15 is 0 Å². The van der Waals surface area contributed by atoms with Crippen molar-refractivity contribution in [3.63, 3.8) is 0 Å². The predicted molar refractivity (Wildman–Crippen MR) is 38.9 cm³/mol. The number of amides is 1. The maximum Gasteiger partial charge on any atom is 0.405 e. The summed E-state index contributed by atoms with van der Waals surface area (Å²) in [6.45, 7) is -0.244. The summed E-state index contributed by atoms with van der Waals surface area (Å²) in [6, 6.07) is 0. The number of nitrogens with one attached hydrogen (secondary N) is 1. The second-order valence-corrected chi connectivity index (χ2v) is 2.02. The van der Waals surface area contributed by atoms with Gasteiger partial charge in [-0.2, -0.15) is 0 Å². The number of carbonyl (C=O) groups excluding carboxylic acids is 1. The minimum atomic E-state index is -1.22. The van der Waals surface area contributed by atoms with Gasteiger partial charge in [-0.1, -0.05) is 0 Å². The Morgan fingerprint density at radius 1 is 1.58 bits per heavy atom. The molecule has 0 spiro atoms. The number of carbonyl (C=O) groups is 2. The van der Waals surface area contributed by atoms with Crippen LogP contribution < -0.4 is 5.32 Å². The molecule has 1 aromatic rings. The Kier molecular flexibility index (Phi) is 2.42. The van der Waals surface area contributed by atoms with Crippen LogP contribution in [0.3, 0.4) is 0 Å². The Balaban J connectivity index is 2.45. The van der Waals surface area contributed by atoms with E-state index < -0.39 is 6.09 Å². The van der Waals surface area contributed by atoms with E-state index in [1.165, 1.54) is 23.3 Å². The summed E-state index contributed by atoms with van der Waals surface area (Å²) in [5.74, 6) is -0.366. The lowest BCUT2D eigenvalue weighted by Crippen LogP contribution is -2.30. The zero-order valence-corrected chi connectivity index (χ0v) is 6.10. The maximum atomic E-state index is 11.0. The van der Waals surface area contributed by atoms with Crippen molar-refractivity contribution in [2.24, 2.45) is 0 Å². The zero-order chi connectivity index (χ0) is 8.97. The average molecular weight is 169 g/mol. The van der Waals surface area contributed by atoms with Gasteiger partial charge in [0.1, 0.15) is 12.9 Å². The highest BCUT2D eigenvalue weighted by atomic mass is 16.4. The van der Waals surface area contributed by atoms with Gasteiger partial charge in [-0.05, 0) is 0 Å². The maximum absolute atomic E-state index is 11.0. The summed E-state index contributed by atoms with van der Waals surface area (Å²) in [6.07, 6.45) is 2.99. The van der Waals surface area contributed by atoms with E-state index in [4.69, 9.17) is 5.11 Å². The molecule has 0 atom stereocenters. The second-order valence-electron chi connectivity index (χ2n) is 2.02. The van der Waals surface area contributed by atoms with Gasteiger partial charge in [0.15, 0.2) is 0 Å². The number of aromatic nitrogens is 2. The van der Waals surface area contributed by atoms with E-state index in [0.717, 1.165) is 0 Å². The van der Waals surface area contributed by atoms with Crippen LogP contribution in [0.2, 0.25) is 0 Å². The third-order valence-corrected chi connectivity index (χ3v) is 1.18. The molecule has 0 fully saturated rings. The van der Waals surface area contributed by atoms with Crippen LogP contribution >= 0.6 is 0 Å². The number of hydrogen-bond acceptors (Lipinski definition) is 3. The third-order valence-electron chi connectivity index (χ3n) is 1.18. The van der Waals surface area contributed by atoms with Gasteiger partial charge in [-0.3, -0.25) is 9.36 Å². The Morgan fingerprint density at radius 2 is 2.33 bits per heavy atom. The van der Waals surface area contributed by atoms with Gasteiger partial charge in [0, 0.05) is 12.4 Å². The number of nitrogens with zero attached hydrogens (tertiary/aromatic N) is 2. The summed E-state index contributed by atoms with van der Waals surface area (Å²) in [4.78, 5) is 24.6. The quantitative estimate of drug-likeness (QED) is 0.641. The number of rotatable bonds is 2. The molecule has 2 N–H and O–H groups in total. The fourth-order valence-electron chi connectivity index (χ4n) is 0.649. The zero-order valence-electron chi connectivity index (χ0n) is 6.10. The van der Waals surface area contributed by atoms with Crippen molar-refractivity contribution in [2.45, 2.75) is 0 Å². The van der Waals surface area contributed by atoms with E-state index in [-0.39, 0.29) is 12.5 Å². The Bertz CT molecular complexity index is 280. The van der Waals surface area contributed by atoms with Crippen molar-refractivity contribution < 1.29 is 14.7 Å². The Morgan fingerprint density at radius 3 is 2.83 bits per heavy atom. The van der Waals surface area contributed by atoms with Gasteiger partial charge >= 0.3 is 6.09 Å². The SMILES string of the molecule is O=C(O)NCC(=O)n1ccnc1. The normalized spacial score (nSPS) is 9.33. The van der Waals surface area contributed by atoms with Gasteiger partial charge in [-0.25, -0.2) is 9.78 Å². The smallest absolute Gasteiger partial charge is 0.405 e. The standard InChI is InChI=1S/C6H7N3O3/c10-5(3-8-6(11)12)9-2-1-7-4-9/h1-2,4,8H,3H2,(H,11,12). The summed E-state index contributed by atoms with van der Waals surface area (Å²) in [5, 5.41) is 10.1. The molecule has 1 aromatic heterocycles. The first-order valence-corrected chi connectivity index (χ1v) is 3.18. The molecule has 0 bridgehead atoms. The van der Waals surface area contributed by atoms with Crippen molar-refractivity contribution in [1.82, 2.24) is 14.9 Å². The topological polar surface area (TPSA) is 84.2 Å². The molecule has 64 valence electrons. The first-order chi connectivity index (χ1) is 5.70. The predicted octanol–water partition coefficient (Wildman–Crippen LogP) is -0.209. The Labute approximate surface area is 67.8 Å². The first-order valence-electron chi connectivity index (χ1n) is 3.18. The van der Waals surface area contributed by atoms with E-state index in [9.17, 15) is 9.59 Å². The van der Waals surface area contributed by atoms with E-state index in [1.54, 1.807) is 0 Å². The summed E-state index contributed by atoms with van der Waals surface area (Å²) in [5.41, 5.74) is 0. The largest absolute Gasteiger partial charge is 0.465 e. The van der Waals surface area contributed by atoms with Gasteiger partial charge in [-0.15, -0.1) is 0 Å². The lowest BCUT2D eigenvalue weighted by atomic mass is 10.6. The minimum absolute atomic E-state index is 0.244. The third kappa shape index (κ3) is 2.08. The van der Waals surface area contributed by atoms with Crippen molar-refractivity contribution in [2.75, 3.05) is 6.54 Å². The van der Waals surface area contributed by atoms with Crippen LogP contribution in [0.4, 0.5) is 4.79 Å². The van der Waals surface area contributed by atoms with Crippen LogP contribution in [0.25, 0.3) is 0 Å².